The quantitative estimate of drug-likeness (QED) is 0.583. The second-order valence-electron chi connectivity index (χ2n) is 8.30. The summed E-state index contributed by atoms with van der Waals surface area (Å²) < 4.78 is 5.30. The van der Waals surface area contributed by atoms with E-state index in [-0.39, 0.29) is 5.91 Å². The van der Waals surface area contributed by atoms with Crippen LogP contribution in [0.3, 0.4) is 0 Å². The molecule has 1 fully saturated rings. The van der Waals surface area contributed by atoms with Crippen molar-refractivity contribution >= 4 is 5.91 Å². The van der Waals surface area contributed by atoms with E-state index in [0.717, 1.165) is 38.3 Å². The molecule has 0 unspecified atom stereocenters. The third-order valence-corrected chi connectivity index (χ3v) is 5.74. The number of aryl methyl sites for hydroxylation is 1. The smallest absolute Gasteiger partial charge is 0.227 e. The lowest BCUT2D eigenvalue weighted by Crippen LogP contribution is -2.48. The highest BCUT2D eigenvalue weighted by molar-refractivity contribution is 5.76. The van der Waals surface area contributed by atoms with Crippen molar-refractivity contribution < 1.29 is 9.32 Å². The predicted octanol–water partition coefficient (Wildman–Crippen LogP) is 3.53. The van der Waals surface area contributed by atoms with Crippen LogP contribution in [-0.4, -0.2) is 57.0 Å². The zero-order chi connectivity index (χ0) is 21.6. The van der Waals surface area contributed by atoms with E-state index in [0.29, 0.717) is 30.5 Å². The Morgan fingerprint density at radius 3 is 2.42 bits per heavy atom. The number of aromatic nitrogens is 3. The Hall–Kier alpha value is -3.06. The largest absolute Gasteiger partial charge is 0.340 e. The number of nitrogens with zero attached hydrogens (tertiary/aromatic N) is 5. The van der Waals surface area contributed by atoms with Crippen LogP contribution in [0.15, 0.2) is 53.3 Å². The van der Waals surface area contributed by atoms with E-state index in [9.17, 15) is 4.79 Å². The molecule has 0 atom stereocenters. The number of hydrogen-bond acceptors (Lipinski definition) is 6. The van der Waals surface area contributed by atoms with Crippen molar-refractivity contribution in [3.05, 3.63) is 65.8 Å². The zero-order valence-corrected chi connectivity index (χ0v) is 18.2. The van der Waals surface area contributed by atoms with Crippen molar-refractivity contribution in [2.45, 2.75) is 39.2 Å². The first-order valence-electron chi connectivity index (χ1n) is 10.9. The molecule has 0 bridgehead atoms. The molecule has 4 rings (SSSR count). The van der Waals surface area contributed by atoms with E-state index < -0.39 is 0 Å². The van der Waals surface area contributed by atoms with Crippen molar-refractivity contribution in [1.29, 1.82) is 0 Å². The summed E-state index contributed by atoms with van der Waals surface area (Å²) in [7, 11) is 0. The molecule has 1 amide bonds. The molecule has 0 spiro atoms. The third-order valence-electron chi connectivity index (χ3n) is 5.74. The minimum Gasteiger partial charge on any atom is -0.340 e. The fourth-order valence-corrected chi connectivity index (χ4v) is 3.77. The van der Waals surface area contributed by atoms with Crippen LogP contribution in [0.5, 0.6) is 0 Å². The third kappa shape index (κ3) is 5.55. The first-order chi connectivity index (χ1) is 15.1. The van der Waals surface area contributed by atoms with Gasteiger partial charge in [-0.25, -0.2) is 0 Å². The van der Waals surface area contributed by atoms with Crippen molar-refractivity contribution in [3.8, 4) is 11.4 Å². The van der Waals surface area contributed by atoms with Crippen molar-refractivity contribution in [2.24, 2.45) is 0 Å². The molecule has 31 heavy (non-hydrogen) atoms. The molecule has 1 aliphatic heterocycles. The molecule has 0 saturated carbocycles. The van der Waals surface area contributed by atoms with E-state index in [1.54, 1.807) is 12.4 Å². The minimum absolute atomic E-state index is 0.143. The second-order valence-corrected chi connectivity index (χ2v) is 8.30. The average Bonchev–Trinajstić information content (AvgIpc) is 3.28. The highest BCUT2D eigenvalue weighted by Gasteiger charge is 2.21. The Labute approximate surface area is 183 Å². The van der Waals surface area contributed by atoms with Gasteiger partial charge in [-0.15, -0.1) is 0 Å². The van der Waals surface area contributed by atoms with Gasteiger partial charge in [0.05, 0.1) is 0 Å². The van der Waals surface area contributed by atoms with Crippen molar-refractivity contribution in [2.75, 3.05) is 26.2 Å². The molecule has 162 valence electrons. The number of amides is 1. The summed E-state index contributed by atoms with van der Waals surface area (Å²) in [6, 6.07) is 12.5. The normalized spacial score (nSPS) is 14.9. The Bertz CT molecular complexity index is 977. The number of benzene rings is 1. The second kappa shape index (κ2) is 9.83. The number of hydrogen-bond donors (Lipinski definition) is 0. The summed E-state index contributed by atoms with van der Waals surface area (Å²) in [6.45, 7) is 8.66. The Morgan fingerprint density at radius 1 is 1.03 bits per heavy atom. The van der Waals surface area contributed by atoms with Gasteiger partial charge >= 0.3 is 0 Å². The molecule has 3 aromatic rings. The van der Waals surface area contributed by atoms with Gasteiger partial charge in [-0.1, -0.05) is 43.3 Å². The molecule has 3 heterocycles. The molecule has 7 heteroatoms. The molecule has 0 radical (unpaired) electrons. The Balaban J connectivity index is 1.22. The molecule has 1 aromatic carbocycles. The maximum atomic E-state index is 12.6. The SMILES string of the molecule is CC(C)c1ccc(CN2CCN(C(=O)CCc3nc(-c4ccncc4)no3)CC2)cc1. The van der Waals surface area contributed by atoms with Crippen LogP contribution in [0, 0.1) is 0 Å². The van der Waals surface area contributed by atoms with Gasteiger partial charge in [0.15, 0.2) is 0 Å². The van der Waals surface area contributed by atoms with Gasteiger partial charge < -0.3 is 9.42 Å². The van der Waals surface area contributed by atoms with Gasteiger partial charge in [0, 0.05) is 63.5 Å². The average molecular weight is 420 g/mol. The van der Waals surface area contributed by atoms with Crippen LogP contribution in [0.25, 0.3) is 11.4 Å². The van der Waals surface area contributed by atoms with Gasteiger partial charge in [0.1, 0.15) is 0 Å². The monoisotopic (exact) mass is 419 g/mol. The standard InChI is InChI=1S/C24H29N5O2/c1-18(2)20-5-3-19(4-6-20)17-28-13-15-29(16-14-28)23(30)8-7-22-26-24(27-31-22)21-9-11-25-12-10-21/h3-6,9-12,18H,7-8,13-17H2,1-2H3. The molecule has 2 aromatic heterocycles. The van der Waals surface area contributed by atoms with Gasteiger partial charge in [-0.05, 0) is 29.2 Å². The topological polar surface area (TPSA) is 75.4 Å². The van der Waals surface area contributed by atoms with Crippen molar-refractivity contribution in [3.63, 3.8) is 0 Å². The summed E-state index contributed by atoms with van der Waals surface area (Å²) in [5.74, 6) is 1.71. The van der Waals surface area contributed by atoms with Gasteiger partial charge in [-0.3, -0.25) is 14.7 Å². The summed E-state index contributed by atoms with van der Waals surface area (Å²) in [4.78, 5) is 25.4. The number of carbonyl (C=O) groups excluding carboxylic acids is 1. The van der Waals surface area contributed by atoms with Crippen LogP contribution in [-0.2, 0) is 17.8 Å². The lowest BCUT2D eigenvalue weighted by molar-refractivity contribution is -0.133. The highest BCUT2D eigenvalue weighted by Crippen LogP contribution is 2.17. The van der Waals surface area contributed by atoms with Gasteiger partial charge in [-0.2, -0.15) is 4.98 Å². The lowest BCUT2D eigenvalue weighted by atomic mass is 10.0. The molecule has 1 saturated heterocycles. The zero-order valence-electron chi connectivity index (χ0n) is 18.2. The first kappa shape index (κ1) is 21.2. The van der Waals surface area contributed by atoms with Crippen LogP contribution in [0.4, 0.5) is 0 Å². The lowest BCUT2D eigenvalue weighted by Gasteiger charge is -2.34. The van der Waals surface area contributed by atoms with Crippen LogP contribution in [0.1, 0.15) is 43.2 Å². The minimum atomic E-state index is 0.143. The van der Waals surface area contributed by atoms with Crippen LogP contribution < -0.4 is 0 Å². The number of carbonyl (C=O) groups is 1. The van der Waals surface area contributed by atoms with Crippen LogP contribution in [0.2, 0.25) is 0 Å². The van der Waals surface area contributed by atoms with E-state index in [2.05, 4.69) is 58.1 Å². The van der Waals surface area contributed by atoms with E-state index >= 15 is 0 Å². The summed E-state index contributed by atoms with van der Waals surface area (Å²) in [5, 5.41) is 4.00. The van der Waals surface area contributed by atoms with E-state index in [1.807, 2.05) is 17.0 Å². The maximum Gasteiger partial charge on any atom is 0.227 e. The fourth-order valence-electron chi connectivity index (χ4n) is 3.77. The molecule has 0 aliphatic carbocycles. The molecular formula is C24H29N5O2. The summed E-state index contributed by atoms with van der Waals surface area (Å²) in [5.41, 5.74) is 3.55. The predicted molar refractivity (Wildman–Crippen MR) is 118 cm³/mol. The number of piperazine rings is 1. The van der Waals surface area contributed by atoms with Gasteiger partial charge in [0.25, 0.3) is 0 Å². The fraction of sp³-hybridized carbons (Fsp3) is 0.417. The molecule has 7 nitrogen and oxygen atoms in total. The van der Waals surface area contributed by atoms with E-state index in [4.69, 9.17) is 4.52 Å². The number of pyridine rings is 1. The van der Waals surface area contributed by atoms with Gasteiger partial charge in [0.2, 0.25) is 17.6 Å². The van der Waals surface area contributed by atoms with E-state index in [1.165, 1.54) is 11.1 Å². The summed E-state index contributed by atoms with van der Waals surface area (Å²) in [6.07, 6.45) is 4.22. The Kier molecular flexibility index (Phi) is 6.72. The maximum absolute atomic E-state index is 12.6. The van der Waals surface area contributed by atoms with Crippen LogP contribution >= 0.6 is 0 Å². The highest BCUT2D eigenvalue weighted by atomic mass is 16.5. The molecular weight excluding hydrogens is 390 g/mol. The number of rotatable bonds is 7. The summed E-state index contributed by atoms with van der Waals surface area (Å²) >= 11 is 0. The Morgan fingerprint density at radius 2 is 1.74 bits per heavy atom. The van der Waals surface area contributed by atoms with Crippen molar-refractivity contribution in [1.82, 2.24) is 24.9 Å². The molecule has 1 aliphatic rings. The first-order valence-corrected chi connectivity index (χ1v) is 10.9. The molecule has 0 N–H and O–H groups in total.